The molecule has 4 heterocycles. The lowest BCUT2D eigenvalue weighted by atomic mass is 10.1. The number of hydrogen-bond acceptors (Lipinski definition) is 10. The molecule has 0 spiro atoms. The summed E-state index contributed by atoms with van der Waals surface area (Å²) in [5, 5.41) is 13.8. The number of imidazole rings is 1. The molecule has 0 amide bonds. The first-order valence-electron chi connectivity index (χ1n) is 13.8. The topological polar surface area (TPSA) is 145 Å². The minimum Gasteiger partial charge on any atom is -0.491 e. The van der Waals surface area contributed by atoms with Crippen LogP contribution in [-0.4, -0.2) is 86.7 Å². The fourth-order valence-corrected chi connectivity index (χ4v) is 5.31. The highest BCUT2D eigenvalue weighted by molar-refractivity contribution is 5.88. The predicted octanol–water partition coefficient (Wildman–Crippen LogP) is 1.75. The summed E-state index contributed by atoms with van der Waals surface area (Å²) in [6.07, 6.45) is 0. The monoisotopic (exact) mass is 568 g/mol. The number of anilines is 2. The third-order valence-electron chi connectivity index (χ3n) is 7.60. The molecule has 1 fully saturated rings. The SMILES string of the molecule is COCCOc1ccc(N2CCN(CCn3c(=O)n(C)c4c3nc(N)n3nc(-c5cccc(C#N)c5)nc43)CC2)cc1. The summed E-state index contributed by atoms with van der Waals surface area (Å²) in [5.41, 5.74) is 9.92. The number of fused-ring (bicyclic) bond motifs is 3. The van der Waals surface area contributed by atoms with Crippen LogP contribution in [0.2, 0.25) is 0 Å². The largest absolute Gasteiger partial charge is 0.491 e. The Hall–Kier alpha value is -4.93. The molecule has 2 aromatic carbocycles. The average molecular weight is 569 g/mol. The molecule has 0 saturated carbocycles. The smallest absolute Gasteiger partial charge is 0.330 e. The van der Waals surface area contributed by atoms with Crippen molar-refractivity contribution in [2.75, 3.05) is 63.7 Å². The van der Waals surface area contributed by atoms with Crippen LogP contribution < -0.4 is 21.1 Å². The van der Waals surface area contributed by atoms with Gasteiger partial charge in [-0.05, 0) is 36.4 Å². The molecule has 6 rings (SSSR count). The second-order valence-corrected chi connectivity index (χ2v) is 10.2. The Bertz CT molecular complexity index is 1830. The van der Waals surface area contributed by atoms with Gasteiger partial charge in [-0.3, -0.25) is 14.0 Å². The lowest BCUT2D eigenvalue weighted by molar-refractivity contribution is 0.146. The maximum absolute atomic E-state index is 13.3. The normalized spacial score (nSPS) is 14.1. The van der Waals surface area contributed by atoms with E-state index in [2.05, 4.69) is 38.1 Å². The molecule has 1 aliphatic rings. The van der Waals surface area contributed by atoms with E-state index >= 15 is 0 Å². The number of methoxy groups -OCH3 is 1. The average Bonchev–Trinajstić information content (AvgIpc) is 3.57. The van der Waals surface area contributed by atoms with Crippen molar-refractivity contribution in [2.45, 2.75) is 6.54 Å². The minimum atomic E-state index is -0.188. The van der Waals surface area contributed by atoms with E-state index in [1.807, 2.05) is 18.2 Å². The first-order valence-corrected chi connectivity index (χ1v) is 13.8. The quantitative estimate of drug-likeness (QED) is 0.261. The number of aromatic nitrogens is 6. The van der Waals surface area contributed by atoms with E-state index in [0.29, 0.717) is 60.1 Å². The van der Waals surface area contributed by atoms with Gasteiger partial charge < -0.3 is 20.1 Å². The number of nitrogen functional groups attached to an aromatic ring is 1. The third-order valence-corrected chi connectivity index (χ3v) is 7.60. The highest BCUT2D eigenvalue weighted by atomic mass is 16.5. The van der Waals surface area contributed by atoms with Crippen LogP contribution in [-0.2, 0) is 18.3 Å². The van der Waals surface area contributed by atoms with Gasteiger partial charge >= 0.3 is 5.69 Å². The molecule has 13 heteroatoms. The maximum Gasteiger partial charge on any atom is 0.330 e. The molecule has 0 aliphatic carbocycles. The van der Waals surface area contributed by atoms with Gasteiger partial charge in [0.2, 0.25) is 5.95 Å². The summed E-state index contributed by atoms with van der Waals surface area (Å²) in [7, 11) is 3.36. The molecule has 13 nitrogen and oxygen atoms in total. The molecule has 0 bridgehead atoms. The number of nitriles is 1. The van der Waals surface area contributed by atoms with E-state index < -0.39 is 0 Å². The van der Waals surface area contributed by atoms with Crippen LogP contribution in [0.3, 0.4) is 0 Å². The summed E-state index contributed by atoms with van der Waals surface area (Å²) in [4.78, 5) is 27.3. The van der Waals surface area contributed by atoms with E-state index in [9.17, 15) is 10.1 Å². The highest BCUT2D eigenvalue weighted by Crippen LogP contribution is 2.24. The second-order valence-electron chi connectivity index (χ2n) is 10.2. The molecule has 216 valence electrons. The first-order chi connectivity index (χ1) is 20.5. The Morgan fingerprint density at radius 3 is 2.52 bits per heavy atom. The zero-order chi connectivity index (χ0) is 29.2. The van der Waals surface area contributed by atoms with Crippen LogP contribution in [0.4, 0.5) is 11.6 Å². The van der Waals surface area contributed by atoms with E-state index in [1.165, 1.54) is 4.52 Å². The minimum absolute atomic E-state index is 0.135. The van der Waals surface area contributed by atoms with Crippen LogP contribution in [0.5, 0.6) is 5.75 Å². The first kappa shape index (κ1) is 27.3. The number of hydrogen-bond donors (Lipinski definition) is 1. The Balaban J connectivity index is 1.17. The third kappa shape index (κ3) is 5.13. The Kier molecular flexibility index (Phi) is 7.47. The number of ether oxygens (including phenoxy) is 2. The number of nitrogens with zero attached hydrogens (tertiary/aromatic N) is 9. The van der Waals surface area contributed by atoms with E-state index in [1.54, 1.807) is 41.5 Å². The van der Waals surface area contributed by atoms with Crippen LogP contribution in [0, 0.1) is 11.3 Å². The summed E-state index contributed by atoms with van der Waals surface area (Å²) in [6.45, 7) is 5.78. The fourth-order valence-electron chi connectivity index (χ4n) is 5.31. The molecule has 3 aromatic heterocycles. The van der Waals surface area contributed by atoms with Gasteiger partial charge in [0.05, 0.1) is 18.2 Å². The molecule has 2 N–H and O–H groups in total. The van der Waals surface area contributed by atoms with Crippen molar-refractivity contribution in [1.29, 1.82) is 5.26 Å². The predicted molar refractivity (Wildman–Crippen MR) is 159 cm³/mol. The van der Waals surface area contributed by atoms with Crippen molar-refractivity contribution in [3.05, 3.63) is 64.6 Å². The van der Waals surface area contributed by atoms with Gasteiger partial charge in [-0.25, -0.2) is 9.78 Å². The van der Waals surface area contributed by atoms with E-state index in [4.69, 9.17) is 20.2 Å². The van der Waals surface area contributed by atoms with Crippen molar-refractivity contribution < 1.29 is 9.47 Å². The molecular formula is C29H32N10O3. The van der Waals surface area contributed by atoms with Crippen LogP contribution >= 0.6 is 0 Å². The molecule has 42 heavy (non-hydrogen) atoms. The van der Waals surface area contributed by atoms with Gasteiger partial charge in [0.15, 0.2) is 17.1 Å². The molecule has 5 aromatic rings. The number of nitrogens with two attached hydrogens (primary N) is 1. The maximum atomic E-state index is 13.3. The van der Waals surface area contributed by atoms with Gasteiger partial charge in [-0.15, -0.1) is 5.10 Å². The molecule has 1 saturated heterocycles. The Morgan fingerprint density at radius 1 is 1.00 bits per heavy atom. The Morgan fingerprint density at radius 2 is 1.79 bits per heavy atom. The fraction of sp³-hybridized carbons (Fsp3) is 0.345. The van der Waals surface area contributed by atoms with Gasteiger partial charge in [-0.1, -0.05) is 12.1 Å². The van der Waals surface area contributed by atoms with Crippen LogP contribution in [0.15, 0.2) is 53.3 Å². The molecule has 0 unspecified atom stereocenters. The van der Waals surface area contributed by atoms with Gasteiger partial charge in [0.1, 0.15) is 17.9 Å². The highest BCUT2D eigenvalue weighted by Gasteiger charge is 2.22. The van der Waals surface area contributed by atoms with Crippen molar-refractivity contribution >= 4 is 28.4 Å². The summed E-state index contributed by atoms with van der Waals surface area (Å²) >= 11 is 0. The van der Waals surface area contributed by atoms with E-state index in [0.717, 1.165) is 37.6 Å². The zero-order valence-electron chi connectivity index (χ0n) is 23.6. The van der Waals surface area contributed by atoms with Gasteiger partial charge in [0, 0.05) is 64.7 Å². The lowest BCUT2D eigenvalue weighted by Gasteiger charge is -2.36. The van der Waals surface area contributed by atoms with Crippen molar-refractivity contribution in [1.82, 2.24) is 33.6 Å². The number of rotatable bonds is 9. The molecule has 0 atom stereocenters. The summed E-state index contributed by atoms with van der Waals surface area (Å²) in [5.74, 6) is 1.37. The van der Waals surface area contributed by atoms with E-state index in [-0.39, 0.29) is 11.6 Å². The van der Waals surface area contributed by atoms with Crippen molar-refractivity contribution in [2.24, 2.45) is 7.05 Å². The van der Waals surface area contributed by atoms with Gasteiger partial charge in [-0.2, -0.15) is 14.8 Å². The Labute approximate surface area is 241 Å². The zero-order valence-corrected chi connectivity index (χ0v) is 23.6. The van der Waals surface area contributed by atoms with Crippen LogP contribution in [0.1, 0.15) is 5.56 Å². The lowest BCUT2D eigenvalue weighted by Crippen LogP contribution is -2.47. The number of piperazine rings is 1. The summed E-state index contributed by atoms with van der Waals surface area (Å²) < 4.78 is 15.3. The number of aryl methyl sites for hydroxylation is 1. The molecule has 0 radical (unpaired) electrons. The second kappa shape index (κ2) is 11.5. The number of benzene rings is 2. The van der Waals surface area contributed by atoms with Crippen molar-refractivity contribution in [3.63, 3.8) is 0 Å². The molecule has 1 aliphatic heterocycles. The molecular weight excluding hydrogens is 536 g/mol. The summed E-state index contributed by atoms with van der Waals surface area (Å²) in [6, 6.07) is 17.3. The standard InChI is InChI=1S/C29H32N10O3/c1-35-24-26(33-28(31)39-27(24)32-25(34-39)21-5-3-4-20(18-21)19-30)38(29(35)40)15-12-36-10-13-37(14-11-36)22-6-8-23(9-7-22)42-17-16-41-2/h3-9,18H,10-17H2,1-2H3,(H2,31,33). The van der Waals surface area contributed by atoms with Crippen molar-refractivity contribution in [3.8, 4) is 23.2 Å². The van der Waals surface area contributed by atoms with Gasteiger partial charge in [0.25, 0.3) is 0 Å². The van der Waals surface area contributed by atoms with Crippen LogP contribution in [0.25, 0.3) is 28.2 Å².